The predicted molar refractivity (Wildman–Crippen MR) is 213 cm³/mol. The van der Waals surface area contributed by atoms with E-state index >= 15 is 0 Å². The van der Waals surface area contributed by atoms with Gasteiger partial charge < -0.3 is 13.7 Å². The molecule has 0 radical (unpaired) electrons. The van der Waals surface area contributed by atoms with E-state index in [4.69, 9.17) is 8.83 Å². The number of anilines is 3. The molecule has 1 aliphatic carbocycles. The number of furan rings is 2. The number of para-hydroxylation sites is 4. The summed E-state index contributed by atoms with van der Waals surface area (Å²) >= 11 is 0. The molecule has 0 fully saturated rings. The molecule has 2 heterocycles. The first-order valence-electron chi connectivity index (χ1n) is 17.8. The van der Waals surface area contributed by atoms with E-state index in [1.807, 2.05) is 12.1 Å². The van der Waals surface area contributed by atoms with Crippen molar-refractivity contribution in [3.8, 4) is 11.1 Å². The molecule has 2 aromatic heterocycles. The summed E-state index contributed by atoms with van der Waals surface area (Å²) in [6, 6.07) is 67.0. The summed E-state index contributed by atoms with van der Waals surface area (Å²) in [4.78, 5) is 2.32. The lowest BCUT2D eigenvalue weighted by molar-refractivity contribution is 0.648. The highest BCUT2D eigenvalue weighted by Gasteiger charge is 2.47. The fourth-order valence-electron chi connectivity index (χ4n) is 8.88. The van der Waals surface area contributed by atoms with Gasteiger partial charge in [0, 0.05) is 27.4 Å². The number of rotatable bonds is 5. The van der Waals surface area contributed by atoms with E-state index in [0.29, 0.717) is 0 Å². The van der Waals surface area contributed by atoms with Crippen molar-refractivity contribution in [2.45, 2.75) is 5.41 Å². The van der Waals surface area contributed by atoms with Crippen LogP contribution in [0.15, 0.2) is 197 Å². The van der Waals surface area contributed by atoms with Gasteiger partial charge in [-0.25, -0.2) is 0 Å². The van der Waals surface area contributed by atoms with Crippen LogP contribution in [-0.2, 0) is 5.41 Å². The Morgan fingerprint density at radius 2 is 0.904 bits per heavy atom. The van der Waals surface area contributed by atoms with Gasteiger partial charge in [0.2, 0.25) is 0 Å². The van der Waals surface area contributed by atoms with Crippen LogP contribution in [0.5, 0.6) is 0 Å². The van der Waals surface area contributed by atoms with E-state index in [9.17, 15) is 0 Å². The molecular weight excluding hydrogens is 635 g/mol. The minimum atomic E-state index is -0.581. The van der Waals surface area contributed by atoms with Crippen molar-refractivity contribution in [1.82, 2.24) is 0 Å². The van der Waals surface area contributed by atoms with Crippen LogP contribution >= 0.6 is 0 Å². The third-order valence-corrected chi connectivity index (χ3v) is 10.9. The molecule has 0 saturated heterocycles. The molecule has 0 bridgehead atoms. The van der Waals surface area contributed by atoms with E-state index in [2.05, 4.69) is 181 Å². The van der Waals surface area contributed by atoms with E-state index in [-0.39, 0.29) is 0 Å². The van der Waals surface area contributed by atoms with Crippen LogP contribution in [0.1, 0.15) is 22.3 Å². The molecule has 244 valence electrons. The molecule has 1 aliphatic rings. The van der Waals surface area contributed by atoms with Crippen molar-refractivity contribution in [2.24, 2.45) is 0 Å². The number of hydrogen-bond donors (Lipinski definition) is 0. The molecular formula is C49H31NO2. The van der Waals surface area contributed by atoms with Crippen LogP contribution in [0.3, 0.4) is 0 Å². The van der Waals surface area contributed by atoms with Crippen molar-refractivity contribution in [3.63, 3.8) is 0 Å². The fraction of sp³-hybridized carbons (Fsp3) is 0.0204. The first-order chi connectivity index (χ1) is 25.8. The van der Waals surface area contributed by atoms with Crippen molar-refractivity contribution < 1.29 is 8.83 Å². The van der Waals surface area contributed by atoms with Gasteiger partial charge in [0.15, 0.2) is 5.58 Å². The quantitative estimate of drug-likeness (QED) is 0.183. The molecule has 0 amide bonds. The summed E-state index contributed by atoms with van der Waals surface area (Å²) in [5, 5.41) is 4.31. The Balaban J connectivity index is 1.24. The van der Waals surface area contributed by atoms with Gasteiger partial charge in [-0.05, 0) is 64.2 Å². The van der Waals surface area contributed by atoms with E-state index < -0.39 is 5.41 Å². The second-order valence-electron chi connectivity index (χ2n) is 13.6. The third-order valence-electron chi connectivity index (χ3n) is 10.9. The van der Waals surface area contributed by atoms with Crippen molar-refractivity contribution in [1.29, 1.82) is 0 Å². The zero-order chi connectivity index (χ0) is 34.2. The highest BCUT2D eigenvalue weighted by atomic mass is 16.3. The molecule has 11 rings (SSSR count). The zero-order valence-electron chi connectivity index (χ0n) is 28.2. The molecule has 0 unspecified atom stereocenters. The maximum absolute atomic E-state index is 7.34. The van der Waals surface area contributed by atoms with Crippen LogP contribution in [0.2, 0.25) is 0 Å². The molecule has 52 heavy (non-hydrogen) atoms. The average Bonchev–Trinajstić information content (AvgIpc) is 3.88. The highest BCUT2D eigenvalue weighted by Crippen LogP contribution is 2.58. The maximum atomic E-state index is 7.34. The minimum Gasteiger partial charge on any atom is -0.456 e. The lowest BCUT2D eigenvalue weighted by atomic mass is 9.67. The van der Waals surface area contributed by atoms with E-state index in [0.717, 1.165) is 66.5 Å². The first kappa shape index (κ1) is 28.9. The van der Waals surface area contributed by atoms with Gasteiger partial charge in [0.25, 0.3) is 0 Å². The van der Waals surface area contributed by atoms with E-state index in [1.54, 1.807) is 0 Å². The molecule has 3 heteroatoms. The van der Waals surface area contributed by atoms with Gasteiger partial charge in [0.05, 0.1) is 22.2 Å². The Morgan fingerprint density at radius 3 is 1.67 bits per heavy atom. The van der Waals surface area contributed by atoms with Gasteiger partial charge >= 0.3 is 0 Å². The first-order valence-corrected chi connectivity index (χ1v) is 17.8. The SMILES string of the molecule is c1ccc(N(c2cccc3c2oc2c(C4(c5ccccc5)c5ccccc5-c5ccccc54)cccc23)c2cccc3oc4ccccc4c23)cc1. The van der Waals surface area contributed by atoms with Gasteiger partial charge in [-0.2, -0.15) is 0 Å². The summed E-state index contributed by atoms with van der Waals surface area (Å²) < 4.78 is 13.7. The number of nitrogens with zero attached hydrogens (tertiary/aromatic N) is 1. The lowest BCUT2D eigenvalue weighted by Crippen LogP contribution is -2.28. The second kappa shape index (κ2) is 11.1. The van der Waals surface area contributed by atoms with Crippen LogP contribution in [-0.4, -0.2) is 0 Å². The number of fused-ring (bicyclic) bond motifs is 9. The summed E-state index contributed by atoms with van der Waals surface area (Å²) in [6.07, 6.45) is 0. The average molecular weight is 666 g/mol. The van der Waals surface area contributed by atoms with Crippen LogP contribution in [0.25, 0.3) is 55.0 Å². The lowest BCUT2D eigenvalue weighted by Gasteiger charge is -2.33. The number of benzene rings is 8. The molecule has 8 aromatic carbocycles. The topological polar surface area (TPSA) is 29.5 Å². The Kier molecular flexibility index (Phi) is 6.17. The van der Waals surface area contributed by atoms with Crippen LogP contribution in [0, 0.1) is 0 Å². The maximum Gasteiger partial charge on any atom is 0.159 e. The molecule has 0 saturated carbocycles. The normalized spacial score (nSPS) is 13.2. The smallest absolute Gasteiger partial charge is 0.159 e. The number of hydrogen-bond acceptors (Lipinski definition) is 3. The summed E-state index contributed by atoms with van der Waals surface area (Å²) in [7, 11) is 0. The van der Waals surface area contributed by atoms with E-state index in [1.165, 1.54) is 27.8 Å². The summed E-state index contributed by atoms with van der Waals surface area (Å²) in [5.41, 5.74) is 13.3. The second-order valence-corrected chi connectivity index (χ2v) is 13.6. The van der Waals surface area contributed by atoms with Gasteiger partial charge in [-0.1, -0.05) is 152 Å². The Morgan fingerprint density at radius 1 is 0.365 bits per heavy atom. The van der Waals surface area contributed by atoms with Crippen molar-refractivity contribution in [2.75, 3.05) is 4.90 Å². The Labute approximate surface area is 300 Å². The molecule has 0 atom stereocenters. The summed E-state index contributed by atoms with van der Waals surface area (Å²) in [5.74, 6) is 0. The third kappa shape index (κ3) is 3.91. The predicted octanol–water partition coefficient (Wildman–Crippen LogP) is 13.3. The molecule has 0 N–H and O–H groups in total. The van der Waals surface area contributed by atoms with Gasteiger partial charge in [-0.15, -0.1) is 0 Å². The highest BCUT2D eigenvalue weighted by molar-refractivity contribution is 6.16. The molecule has 0 spiro atoms. The molecule has 0 aliphatic heterocycles. The van der Waals surface area contributed by atoms with Crippen molar-refractivity contribution >= 4 is 60.9 Å². The minimum absolute atomic E-state index is 0.581. The van der Waals surface area contributed by atoms with Crippen molar-refractivity contribution in [3.05, 3.63) is 210 Å². The fourth-order valence-corrected chi connectivity index (χ4v) is 8.88. The van der Waals surface area contributed by atoms with Gasteiger partial charge in [0.1, 0.15) is 16.7 Å². The molecule has 3 nitrogen and oxygen atoms in total. The Hall–Kier alpha value is -6.84. The zero-order valence-corrected chi connectivity index (χ0v) is 28.2. The molecule has 10 aromatic rings. The standard InChI is InChI=1S/C49H31NO2/c1-3-16-32(17-4-1)49(39-25-10-7-20-34(39)35-21-8-11-26-40(35)49)41-27-13-23-36-37-24-14-29-43(48(37)52-47(36)41)50(33-18-5-2-6-19-33)42-28-15-31-45-46(42)38-22-9-12-30-44(38)51-45/h1-31H. The monoisotopic (exact) mass is 665 g/mol. The van der Waals surface area contributed by atoms with Gasteiger partial charge in [-0.3, -0.25) is 0 Å². The largest absolute Gasteiger partial charge is 0.456 e. The summed E-state index contributed by atoms with van der Waals surface area (Å²) in [6.45, 7) is 0. The van der Waals surface area contributed by atoms with Crippen LogP contribution < -0.4 is 4.90 Å². The van der Waals surface area contributed by atoms with Crippen LogP contribution in [0.4, 0.5) is 17.1 Å². The Bertz CT molecular complexity index is 2930.